The second kappa shape index (κ2) is 9.80. The van der Waals surface area contributed by atoms with E-state index in [1.807, 2.05) is 0 Å². The average molecular weight is 360 g/mol. The lowest BCUT2D eigenvalue weighted by atomic mass is 10.2. The Morgan fingerprint density at radius 3 is 1.36 bits per heavy atom. The van der Waals surface area contributed by atoms with E-state index in [4.69, 9.17) is 0 Å². The molecule has 0 aliphatic heterocycles. The maximum absolute atomic E-state index is 2.95. The van der Waals surface area contributed by atoms with E-state index >= 15 is 0 Å². The van der Waals surface area contributed by atoms with Gasteiger partial charge in [-0.05, 0) is 13.0 Å². The third-order valence-corrected chi connectivity index (χ3v) is 19.3. The van der Waals surface area contributed by atoms with Crippen LogP contribution in [0.3, 0.4) is 0 Å². The Kier molecular flexibility index (Phi) is 10.1. The number of unbranched alkanes of at least 4 members (excludes halogenated alkanes) is 3. The van der Waals surface area contributed by atoms with Crippen LogP contribution >= 0.6 is 0 Å². The lowest BCUT2D eigenvalue weighted by molar-refractivity contribution is 0.545. The van der Waals surface area contributed by atoms with Crippen molar-refractivity contribution in [3.63, 3.8) is 0 Å². The third kappa shape index (κ3) is 7.93. The van der Waals surface area contributed by atoms with Crippen LogP contribution in [0.15, 0.2) is 0 Å². The molecule has 0 saturated heterocycles. The Hall–Kier alpha value is 0.611. The zero-order chi connectivity index (χ0) is 17.4. The van der Waals surface area contributed by atoms with Gasteiger partial charge in [0.25, 0.3) is 0 Å². The van der Waals surface area contributed by atoms with Crippen molar-refractivity contribution in [2.24, 2.45) is 0 Å². The lowest BCUT2D eigenvalue weighted by Gasteiger charge is -2.43. The van der Waals surface area contributed by atoms with Gasteiger partial charge in [0.15, 0.2) is 0 Å². The highest BCUT2D eigenvalue weighted by Gasteiger charge is 2.33. The highest BCUT2D eigenvalue weighted by Crippen LogP contribution is 2.28. The van der Waals surface area contributed by atoms with Crippen LogP contribution in [0.5, 0.6) is 0 Å². The molecule has 0 saturated carbocycles. The summed E-state index contributed by atoms with van der Waals surface area (Å²) in [6.45, 7) is 23.8. The van der Waals surface area contributed by atoms with Gasteiger partial charge in [-0.25, -0.2) is 0 Å². The van der Waals surface area contributed by atoms with E-state index in [9.17, 15) is 0 Å². The van der Waals surface area contributed by atoms with Crippen LogP contribution in [0.25, 0.3) is 0 Å². The molecule has 0 spiro atoms. The SMILES string of the molecule is CC[Si](CC)(CC)CCCCCCN([Si](C)(C)C)[Si](C)(C)C. The summed E-state index contributed by atoms with van der Waals surface area (Å²) in [5.41, 5.74) is 0. The third-order valence-electron chi connectivity index (χ3n) is 5.71. The van der Waals surface area contributed by atoms with Gasteiger partial charge in [-0.3, -0.25) is 0 Å². The number of nitrogens with zero attached hydrogens (tertiary/aromatic N) is 1. The highest BCUT2D eigenvalue weighted by atomic mass is 28.4. The first-order chi connectivity index (χ1) is 10.0. The molecule has 0 amide bonds. The molecule has 0 radical (unpaired) electrons. The maximum Gasteiger partial charge on any atom is 0.112 e. The second-order valence-corrected chi connectivity index (χ2v) is 25.0. The molecular weight excluding hydrogens is 314 g/mol. The average Bonchev–Trinajstić information content (AvgIpc) is 2.40. The molecule has 0 rings (SSSR count). The Labute approximate surface area is 145 Å². The van der Waals surface area contributed by atoms with Crippen molar-refractivity contribution in [1.29, 1.82) is 0 Å². The van der Waals surface area contributed by atoms with Crippen LogP contribution in [-0.4, -0.2) is 35.3 Å². The molecule has 0 aromatic carbocycles. The highest BCUT2D eigenvalue weighted by molar-refractivity contribution is 6.89. The monoisotopic (exact) mass is 359 g/mol. The molecule has 134 valence electrons. The number of hydrogen-bond acceptors (Lipinski definition) is 1. The summed E-state index contributed by atoms with van der Waals surface area (Å²) < 4.78 is 2.95. The zero-order valence-corrected chi connectivity index (χ0v) is 20.3. The predicted octanol–water partition coefficient (Wildman–Crippen LogP) is 7.03. The Morgan fingerprint density at radius 2 is 1.00 bits per heavy atom. The van der Waals surface area contributed by atoms with Crippen molar-refractivity contribution in [3.8, 4) is 0 Å². The molecular formula is C18H45NSi3. The molecule has 0 atom stereocenters. The van der Waals surface area contributed by atoms with E-state index < -0.39 is 24.5 Å². The van der Waals surface area contributed by atoms with E-state index in [0.29, 0.717) is 0 Å². The molecule has 0 bridgehead atoms. The van der Waals surface area contributed by atoms with E-state index in [1.165, 1.54) is 50.4 Å². The van der Waals surface area contributed by atoms with E-state index in [1.54, 1.807) is 6.04 Å². The topological polar surface area (TPSA) is 3.24 Å². The van der Waals surface area contributed by atoms with Gasteiger partial charge in [-0.1, -0.05) is 103 Å². The molecule has 0 fully saturated rings. The van der Waals surface area contributed by atoms with Gasteiger partial charge in [0, 0.05) is 0 Å². The summed E-state index contributed by atoms with van der Waals surface area (Å²) in [6.07, 6.45) is 5.85. The first-order valence-electron chi connectivity index (χ1n) is 9.80. The molecule has 0 aliphatic carbocycles. The van der Waals surface area contributed by atoms with Gasteiger partial charge in [0.1, 0.15) is 16.5 Å². The van der Waals surface area contributed by atoms with Crippen LogP contribution in [-0.2, 0) is 0 Å². The summed E-state index contributed by atoms with van der Waals surface area (Å²) in [6, 6.07) is 6.08. The molecule has 0 N–H and O–H groups in total. The molecule has 0 aliphatic rings. The Morgan fingerprint density at radius 1 is 0.591 bits per heavy atom. The van der Waals surface area contributed by atoms with Crippen molar-refractivity contribution in [1.82, 2.24) is 4.23 Å². The Bertz CT molecular complexity index is 265. The van der Waals surface area contributed by atoms with Crippen molar-refractivity contribution >= 4 is 24.5 Å². The van der Waals surface area contributed by atoms with Crippen molar-refractivity contribution in [2.45, 2.75) is 110 Å². The number of rotatable bonds is 12. The van der Waals surface area contributed by atoms with Gasteiger partial charge in [-0.2, -0.15) is 0 Å². The zero-order valence-electron chi connectivity index (χ0n) is 17.3. The summed E-state index contributed by atoms with van der Waals surface area (Å²) in [5.74, 6) is 0. The normalized spacial score (nSPS) is 13.9. The molecule has 0 unspecified atom stereocenters. The number of hydrogen-bond donors (Lipinski definition) is 0. The fourth-order valence-electron chi connectivity index (χ4n) is 4.08. The largest absolute Gasteiger partial charge is 0.346 e. The smallest absolute Gasteiger partial charge is 0.112 e. The fraction of sp³-hybridized carbons (Fsp3) is 1.00. The standard InChI is InChI=1S/C18H45NSi3/c1-10-22(11-2,12-3)18-16-14-13-15-17-19(20(4,5)6)21(7,8)9/h10-18H2,1-9H3. The Balaban J connectivity index is 4.12. The van der Waals surface area contributed by atoms with E-state index in [-0.39, 0.29) is 0 Å². The van der Waals surface area contributed by atoms with E-state index in [0.717, 1.165) is 0 Å². The van der Waals surface area contributed by atoms with Gasteiger partial charge >= 0.3 is 0 Å². The van der Waals surface area contributed by atoms with Crippen LogP contribution < -0.4 is 0 Å². The van der Waals surface area contributed by atoms with Gasteiger partial charge < -0.3 is 4.23 Å². The summed E-state index contributed by atoms with van der Waals surface area (Å²) in [5, 5.41) is 0. The van der Waals surface area contributed by atoms with Crippen LogP contribution in [0, 0.1) is 0 Å². The van der Waals surface area contributed by atoms with Crippen LogP contribution in [0.1, 0.15) is 46.5 Å². The second-order valence-electron chi connectivity index (χ2n) is 9.22. The molecule has 0 heterocycles. The van der Waals surface area contributed by atoms with Crippen molar-refractivity contribution in [2.75, 3.05) is 6.54 Å². The molecule has 4 heteroatoms. The minimum atomic E-state index is -1.14. The van der Waals surface area contributed by atoms with Crippen molar-refractivity contribution < 1.29 is 0 Å². The van der Waals surface area contributed by atoms with Crippen molar-refractivity contribution in [3.05, 3.63) is 0 Å². The lowest BCUT2D eigenvalue weighted by Crippen LogP contribution is -2.59. The minimum Gasteiger partial charge on any atom is -0.346 e. The maximum atomic E-state index is 2.95. The first-order valence-corrected chi connectivity index (χ1v) is 19.5. The quantitative estimate of drug-likeness (QED) is 0.267. The summed E-state index contributed by atoms with van der Waals surface area (Å²) >= 11 is 0. The first kappa shape index (κ1) is 22.6. The molecule has 22 heavy (non-hydrogen) atoms. The van der Waals surface area contributed by atoms with Gasteiger partial charge in [0.2, 0.25) is 0 Å². The summed E-state index contributed by atoms with van der Waals surface area (Å²) in [4.78, 5) is 0. The minimum absolute atomic E-state index is 0.856. The van der Waals surface area contributed by atoms with Crippen LogP contribution in [0.4, 0.5) is 0 Å². The predicted molar refractivity (Wildman–Crippen MR) is 114 cm³/mol. The summed E-state index contributed by atoms with van der Waals surface area (Å²) in [7, 11) is -3.13. The van der Waals surface area contributed by atoms with E-state index in [2.05, 4.69) is 64.3 Å². The molecule has 0 aromatic heterocycles. The van der Waals surface area contributed by atoms with Gasteiger partial charge in [0.05, 0.1) is 8.07 Å². The van der Waals surface area contributed by atoms with Gasteiger partial charge in [-0.15, -0.1) is 0 Å². The molecule has 0 aromatic rings. The fourth-order valence-corrected chi connectivity index (χ4v) is 17.3. The van der Waals surface area contributed by atoms with Crippen LogP contribution in [0.2, 0.25) is 63.5 Å². The molecule has 1 nitrogen and oxygen atoms in total.